The van der Waals surface area contributed by atoms with Crippen molar-refractivity contribution in [1.29, 1.82) is 0 Å². The third-order valence-corrected chi connectivity index (χ3v) is 2.74. The molecule has 1 saturated carbocycles. The molecule has 0 amide bonds. The predicted molar refractivity (Wildman–Crippen MR) is 50.4 cm³/mol. The minimum Gasteiger partial charge on any atom is -0.328 e. The molecule has 2 N–H and O–H groups in total. The number of aryl methyl sites for hydroxylation is 1. The lowest BCUT2D eigenvalue weighted by atomic mass is 9.98. The van der Waals surface area contributed by atoms with Crippen molar-refractivity contribution in [2.45, 2.75) is 37.4 Å². The van der Waals surface area contributed by atoms with E-state index in [-0.39, 0.29) is 6.04 Å². The predicted octanol–water partition coefficient (Wildman–Crippen LogP) is 0.577. The second-order valence-corrected chi connectivity index (χ2v) is 4.21. The summed E-state index contributed by atoms with van der Waals surface area (Å²) in [5, 5.41) is 7.66. The van der Waals surface area contributed by atoms with Gasteiger partial charge in [0.2, 0.25) is 0 Å². The fourth-order valence-electron chi connectivity index (χ4n) is 2.08. The fraction of sp³-hybridized carbons (Fsp3) is 0.778. The lowest BCUT2D eigenvalue weighted by Crippen LogP contribution is -2.25. The molecule has 0 saturated heterocycles. The van der Waals surface area contributed by atoms with E-state index < -0.39 is 5.67 Å². The monoisotopic (exact) mass is 198 g/mol. The molecule has 1 aliphatic carbocycles. The molecule has 2 atom stereocenters. The lowest BCUT2D eigenvalue weighted by molar-refractivity contribution is 0.169. The Bertz CT molecular complexity index is 324. The smallest absolute Gasteiger partial charge is 0.118 e. The van der Waals surface area contributed by atoms with Crippen LogP contribution in [0.5, 0.6) is 0 Å². The summed E-state index contributed by atoms with van der Waals surface area (Å²) in [6, 6.07) is 0.0108. The summed E-state index contributed by atoms with van der Waals surface area (Å²) >= 11 is 0. The van der Waals surface area contributed by atoms with E-state index in [1.54, 1.807) is 17.9 Å². The Hall–Kier alpha value is -0.970. The normalized spacial score (nSPS) is 32.4. The Kier molecular flexibility index (Phi) is 2.26. The highest BCUT2D eigenvalue weighted by Crippen LogP contribution is 2.35. The Morgan fingerprint density at radius 3 is 3.07 bits per heavy atom. The molecule has 0 spiro atoms. The van der Waals surface area contributed by atoms with Gasteiger partial charge < -0.3 is 5.73 Å². The topological polar surface area (TPSA) is 56.7 Å². The summed E-state index contributed by atoms with van der Waals surface area (Å²) in [6.07, 6.45) is 3.87. The molecule has 1 aliphatic rings. The minimum atomic E-state index is -1.16. The van der Waals surface area contributed by atoms with Crippen molar-refractivity contribution >= 4 is 0 Å². The zero-order chi connectivity index (χ0) is 10.2. The van der Waals surface area contributed by atoms with Crippen molar-refractivity contribution in [3.05, 3.63) is 11.9 Å². The van der Waals surface area contributed by atoms with Crippen LogP contribution in [-0.2, 0) is 13.5 Å². The van der Waals surface area contributed by atoms with Gasteiger partial charge in [0.05, 0.1) is 5.69 Å². The summed E-state index contributed by atoms with van der Waals surface area (Å²) in [4.78, 5) is 0. The van der Waals surface area contributed by atoms with E-state index in [0.717, 1.165) is 6.42 Å². The molecule has 1 aromatic heterocycles. The van der Waals surface area contributed by atoms with Gasteiger partial charge in [-0.25, -0.2) is 4.39 Å². The maximum Gasteiger partial charge on any atom is 0.118 e. The average Bonchev–Trinajstić information content (AvgIpc) is 2.60. The molecule has 0 radical (unpaired) electrons. The second kappa shape index (κ2) is 3.31. The Morgan fingerprint density at radius 1 is 1.79 bits per heavy atom. The largest absolute Gasteiger partial charge is 0.328 e. The molecule has 0 aliphatic heterocycles. The summed E-state index contributed by atoms with van der Waals surface area (Å²) in [7, 11) is 1.78. The van der Waals surface area contributed by atoms with E-state index in [9.17, 15) is 4.39 Å². The first-order valence-corrected chi connectivity index (χ1v) is 4.87. The van der Waals surface area contributed by atoms with Gasteiger partial charge in [-0.1, -0.05) is 5.21 Å². The summed E-state index contributed by atoms with van der Waals surface area (Å²) in [5.74, 6) is 0. The molecule has 1 heterocycles. The van der Waals surface area contributed by atoms with E-state index in [4.69, 9.17) is 5.73 Å². The third-order valence-electron chi connectivity index (χ3n) is 2.74. The van der Waals surface area contributed by atoms with Crippen LogP contribution in [0.15, 0.2) is 6.20 Å². The van der Waals surface area contributed by atoms with Gasteiger partial charge in [0, 0.05) is 25.7 Å². The van der Waals surface area contributed by atoms with Crippen LogP contribution in [0.25, 0.3) is 0 Å². The lowest BCUT2D eigenvalue weighted by Gasteiger charge is -2.17. The van der Waals surface area contributed by atoms with Crippen LogP contribution < -0.4 is 5.73 Å². The number of halogens is 1. The Balaban J connectivity index is 2.03. The van der Waals surface area contributed by atoms with Crippen LogP contribution in [0.2, 0.25) is 0 Å². The number of aromatic nitrogens is 3. The van der Waals surface area contributed by atoms with Gasteiger partial charge in [0.15, 0.2) is 0 Å². The van der Waals surface area contributed by atoms with Crippen LogP contribution >= 0.6 is 0 Å². The first-order valence-electron chi connectivity index (χ1n) is 4.87. The molecule has 4 nitrogen and oxygen atoms in total. The summed E-state index contributed by atoms with van der Waals surface area (Å²) in [5.41, 5.74) is 5.24. The molecule has 78 valence electrons. The van der Waals surface area contributed by atoms with E-state index in [2.05, 4.69) is 10.3 Å². The van der Waals surface area contributed by atoms with Crippen LogP contribution in [0.1, 0.15) is 25.0 Å². The first kappa shape index (κ1) is 9.58. The summed E-state index contributed by atoms with van der Waals surface area (Å²) in [6.45, 7) is 0. The molecule has 1 fully saturated rings. The van der Waals surface area contributed by atoms with Crippen LogP contribution in [-0.4, -0.2) is 26.7 Å². The Morgan fingerprint density at radius 2 is 2.57 bits per heavy atom. The number of nitrogens with zero attached hydrogens (tertiary/aromatic N) is 3. The van der Waals surface area contributed by atoms with Gasteiger partial charge in [-0.2, -0.15) is 0 Å². The molecular formula is C9H15FN4. The van der Waals surface area contributed by atoms with E-state index in [1.807, 2.05) is 0 Å². The van der Waals surface area contributed by atoms with Crippen molar-refractivity contribution in [3.63, 3.8) is 0 Å². The minimum absolute atomic E-state index is 0.0108. The SMILES string of the molecule is Cn1cc(CC2(F)CCC(N)C2)nn1. The zero-order valence-electron chi connectivity index (χ0n) is 8.28. The zero-order valence-corrected chi connectivity index (χ0v) is 8.28. The highest BCUT2D eigenvalue weighted by molar-refractivity contribution is 5.03. The molecule has 2 unspecified atom stereocenters. The van der Waals surface area contributed by atoms with E-state index in [1.165, 1.54) is 0 Å². The summed E-state index contributed by atoms with van der Waals surface area (Å²) < 4.78 is 15.7. The molecule has 0 bridgehead atoms. The quantitative estimate of drug-likeness (QED) is 0.756. The van der Waals surface area contributed by atoms with Crippen LogP contribution in [0.3, 0.4) is 0 Å². The van der Waals surface area contributed by atoms with Gasteiger partial charge in [-0.3, -0.25) is 4.68 Å². The van der Waals surface area contributed by atoms with Crippen molar-refractivity contribution in [3.8, 4) is 0 Å². The number of hydrogen-bond acceptors (Lipinski definition) is 3. The number of hydrogen-bond donors (Lipinski definition) is 1. The number of alkyl halides is 1. The number of nitrogens with two attached hydrogens (primary N) is 1. The maximum absolute atomic E-state index is 14.1. The number of rotatable bonds is 2. The standard InChI is InChI=1S/C9H15FN4/c1-14-6-8(12-13-14)5-9(10)3-2-7(11)4-9/h6-7H,2-5,11H2,1H3. The van der Waals surface area contributed by atoms with E-state index in [0.29, 0.717) is 25.0 Å². The molecule has 5 heteroatoms. The van der Waals surface area contributed by atoms with Gasteiger partial charge >= 0.3 is 0 Å². The van der Waals surface area contributed by atoms with Gasteiger partial charge in [0.1, 0.15) is 5.67 Å². The van der Waals surface area contributed by atoms with Crippen molar-refractivity contribution in [2.24, 2.45) is 12.8 Å². The van der Waals surface area contributed by atoms with Crippen molar-refractivity contribution in [1.82, 2.24) is 15.0 Å². The maximum atomic E-state index is 14.1. The van der Waals surface area contributed by atoms with Crippen molar-refractivity contribution in [2.75, 3.05) is 0 Å². The first-order chi connectivity index (χ1) is 6.57. The Labute approximate surface area is 82.3 Å². The third kappa shape index (κ3) is 1.92. The highest BCUT2D eigenvalue weighted by Gasteiger charge is 2.38. The van der Waals surface area contributed by atoms with Gasteiger partial charge in [-0.05, 0) is 19.3 Å². The van der Waals surface area contributed by atoms with Crippen LogP contribution in [0.4, 0.5) is 4.39 Å². The molecular weight excluding hydrogens is 183 g/mol. The highest BCUT2D eigenvalue weighted by atomic mass is 19.1. The van der Waals surface area contributed by atoms with Gasteiger partial charge in [0.25, 0.3) is 0 Å². The van der Waals surface area contributed by atoms with Crippen molar-refractivity contribution < 1.29 is 4.39 Å². The second-order valence-electron chi connectivity index (χ2n) is 4.21. The molecule has 14 heavy (non-hydrogen) atoms. The molecule has 0 aromatic carbocycles. The average molecular weight is 198 g/mol. The van der Waals surface area contributed by atoms with Crippen LogP contribution in [0, 0.1) is 0 Å². The van der Waals surface area contributed by atoms with E-state index >= 15 is 0 Å². The van der Waals surface area contributed by atoms with Gasteiger partial charge in [-0.15, -0.1) is 5.10 Å². The molecule has 1 aromatic rings. The molecule has 2 rings (SSSR count). The fourth-order valence-corrected chi connectivity index (χ4v) is 2.08.